The van der Waals surface area contributed by atoms with Crippen molar-refractivity contribution in [2.24, 2.45) is 0 Å². The molecule has 2 heterocycles. The Balaban J connectivity index is 1.47. The highest BCUT2D eigenvalue weighted by Crippen LogP contribution is 2.30. The molecule has 0 aliphatic carbocycles. The number of nitro groups is 1. The number of non-ortho nitro benzene ring substituents is 1. The molecule has 2 aromatic heterocycles. The Morgan fingerprint density at radius 1 is 1.03 bits per heavy atom. The van der Waals surface area contributed by atoms with Crippen LogP contribution in [0.25, 0.3) is 21.7 Å². The topological polar surface area (TPSA) is 119 Å². The lowest BCUT2D eigenvalue weighted by Crippen LogP contribution is -2.41. The summed E-state index contributed by atoms with van der Waals surface area (Å²) in [5.74, 6) is -0.239. The number of carbonyl (C=O) groups excluding carboxylic acids is 2. The number of carbonyl (C=O) groups is 2. The third-order valence-corrected chi connectivity index (χ3v) is 5.86. The number of nitrogens with zero attached hydrogens (tertiary/aromatic N) is 3. The lowest BCUT2D eigenvalue weighted by Gasteiger charge is -2.07. The molecule has 2 N–H and O–H groups in total. The van der Waals surface area contributed by atoms with Crippen LogP contribution in [0.3, 0.4) is 0 Å². The summed E-state index contributed by atoms with van der Waals surface area (Å²) in [5, 5.41) is 10.7. The van der Waals surface area contributed by atoms with Crippen molar-refractivity contribution in [1.29, 1.82) is 0 Å². The van der Waals surface area contributed by atoms with Gasteiger partial charge in [0.1, 0.15) is 0 Å². The van der Waals surface area contributed by atoms with Gasteiger partial charge < -0.3 is 4.57 Å². The van der Waals surface area contributed by atoms with E-state index in [0.717, 1.165) is 34.7 Å². The van der Waals surface area contributed by atoms with Crippen molar-refractivity contribution >= 4 is 39.9 Å². The molecule has 0 radical (unpaired) electrons. The molecule has 0 aliphatic heterocycles. The number of hydrazine groups is 1. The van der Waals surface area contributed by atoms with E-state index < -0.39 is 16.7 Å². The summed E-state index contributed by atoms with van der Waals surface area (Å²) in [6.45, 7) is 2.90. The molecule has 2 amide bonds. The number of imidazole rings is 1. The summed E-state index contributed by atoms with van der Waals surface area (Å²) >= 11 is 1.28. The molecular formula is C22H19N5O4S. The van der Waals surface area contributed by atoms with E-state index in [0.29, 0.717) is 4.88 Å². The molecule has 162 valence electrons. The van der Waals surface area contributed by atoms with E-state index in [1.165, 1.54) is 35.6 Å². The van der Waals surface area contributed by atoms with Crippen LogP contribution in [0.5, 0.6) is 0 Å². The molecular weight excluding hydrogens is 430 g/mol. The fraction of sp³-hybridized carbons (Fsp3) is 0.136. The third-order valence-electron chi connectivity index (χ3n) is 4.78. The average molecular weight is 449 g/mol. The maximum absolute atomic E-state index is 12.5. The van der Waals surface area contributed by atoms with Gasteiger partial charge in [-0.3, -0.25) is 30.6 Å². The van der Waals surface area contributed by atoms with Gasteiger partial charge in [-0.05, 0) is 42.8 Å². The number of amides is 2. The Hall–Kier alpha value is -4.05. The molecule has 0 unspecified atom stereocenters. The molecule has 4 rings (SSSR count). The molecule has 0 fully saturated rings. The summed E-state index contributed by atoms with van der Waals surface area (Å²) in [6, 6.07) is 16.5. The Morgan fingerprint density at radius 3 is 2.47 bits per heavy atom. The highest BCUT2D eigenvalue weighted by molar-refractivity contribution is 7.17. The molecule has 0 bridgehead atoms. The molecule has 10 heteroatoms. The predicted molar refractivity (Wildman–Crippen MR) is 121 cm³/mol. The van der Waals surface area contributed by atoms with E-state index in [1.807, 2.05) is 30.3 Å². The van der Waals surface area contributed by atoms with Crippen LogP contribution in [0.15, 0.2) is 60.7 Å². The zero-order valence-electron chi connectivity index (χ0n) is 17.1. The second-order valence-electron chi connectivity index (χ2n) is 6.95. The molecule has 4 aromatic rings. The van der Waals surface area contributed by atoms with Crippen LogP contribution in [-0.2, 0) is 6.54 Å². The Morgan fingerprint density at radius 2 is 1.75 bits per heavy atom. The normalized spacial score (nSPS) is 10.8. The van der Waals surface area contributed by atoms with Crippen molar-refractivity contribution in [3.05, 3.63) is 81.2 Å². The van der Waals surface area contributed by atoms with E-state index in [4.69, 9.17) is 4.98 Å². The van der Waals surface area contributed by atoms with Gasteiger partial charge in [0, 0.05) is 24.2 Å². The van der Waals surface area contributed by atoms with Gasteiger partial charge in [0.25, 0.3) is 17.5 Å². The van der Waals surface area contributed by atoms with Gasteiger partial charge >= 0.3 is 0 Å². The second kappa shape index (κ2) is 8.98. The van der Waals surface area contributed by atoms with E-state index in [1.54, 1.807) is 6.07 Å². The molecule has 32 heavy (non-hydrogen) atoms. The Labute approximate surface area is 186 Å². The molecule has 0 aliphatic rings. The minimum atomic E-state index is -0.574. The van der Waals surface area contributed by atoms with Crippen LogP contribution in [0.1, 0.15) is 33.4 Å². The molecule has 0 spiro atoms. The number of para-hydroxylation sites is 2. The first-order valence-electron chi connectivity index (χ1n) is 9.88. The lowest BCUT2D eigenvalue weighted by molar-refractivity contribution is -0.384. The zero-order valence-corrected chi connectivity index (χ0v) is 17.9. The van der Waals surface area contributed by atoms with Crippen molar-refractivity contribution in [1.82, 2.24) is 20.4 Å². The minimum absolute atomic E-state index is 0.120. The number of benzene rings is 2. The van der Waals surface area contributed by atoms with Crippen LogP contribution < -0.4 is 10.9 Å². The summed E-state index contributed by atoms with van der Waals surface area (Å²) < 4.78 is 2.14. The lowest BCUT2D eigenvalue weighted by atomic mass is 10.2. The molecule has 2 aromatic carbocycles. The number of rotatable bonds is 6. The predicted octanol–water partition coefficient (Wildman–Crippen LogP) is 4.16. The average Bonchev–Trinajstić information content (AvgIpc) is 3.43. The van der Waals surface area contributed by atoms with Gasteiger partial charge in [0.2, 0.25) is 0 Å². The van der Waals surface area contributed by atoms with E-state index >= 15 is 0 Å². The standard InChI is InChI=1S/C22H19N5O4S/c1-2-13-26-17-6-4-3-5-16(17)23-20(26)18-11-12-19(32-18)22(29)25-24-21(28)14-7-9-15(10-8-14)27(30)31/h3-12H,2,13H2,1H3,(H,24,28)(H,25,29). The number of hydrogen-bond acceptors (Lipinski definition) is 6. The fourth-order valence-corrected chi connectivity index (χ4v) is 4.18. The number of thiophene rings is 1. The molecule has 9 nitrogen and oxygen atoms in total. The molecule has 0 saturated heterocycles. The summed E-state index contributed by atoms with van der Waals surface area (Å²) in [6.07, 6.45) is 0.945. The van der Waals surface area contributed by atoms with Gasteiger partial charge in [-0.2, -0.15) is 0 Å². The van der Waals surface area contributed by atoms with Crippen molar-refractivity contribution < 1.29 is 14.5 Å². The quantitative estimate of drug-likeness (QED) is 0.338. The van der Waals surface area contributed by atoms with Gasteiger partial charge in [0.05, 0.1) is 25.7 Å². The van der Waals surface area contributed by atoms with E-state index in [2.05, 4.69) is 22.3 Å². The minimum Gasteiger partial charge on any atom is -0.323 e. The number of aryl methyl sites for hydroxylation is 1. The highest BCUT2D eigenvalue weighted by atomic mass is 32.1. The van der Waals surface area contributed by atoms with Crippen molar-refractivity contribution in [3.8, 4) is 10.7 Å². The zero-order chi connectivity index (χ0) is 22.7. The van der Waals surface area contributed by atoms with Crippen LogP contribution in [0.4, 0.5) is 5.69 Å². The number of aromatic nitrogens is 2. The Bertz CT molecular complexity index is 1310. The number of nitrogens with one attached hydrogen (secondary N) is 2. The fourth-order valence-electron chi connectivity index (χ4n) is 3.28. The molecule has 0 saturated carbocycles. The monoisotopic (exact) mass is 449 g/mol. The van der Waals surface area contributed by atoms with E-state index in [-0.39, 0.29) is 11.3 Å². The first kappa shape index (κ1) is 21.2. The maximum atomic E-state index is 12.5. The SMILES string of the molecule is CCCn1c(-c2ccc(C(=O)NNC(=O)c3ccc([N+](=O)[O-])cc3)s2)nc2ccccc21. The first-order valence-corrected chi connectivity index (χ1v) is 10.7. The van der Waals surface area contributed by atoms with Crippen LogP contribution >= 0.6 is 11.3 Å². The Kier molecular flexibility index (Phi) is 5.95. The van der Waals surface area contributed by atoms with E-state index in [9.17, 15) is 19.7 Å². The second-order valence-corrected chi connectivity index (χ2v) is 8.04. The smallest absolute Gasteiger partial charge is 0.279 e. The summed E-state index contributed by atoms with van der Waals surface area (Å²) in [7, 11) is 0. The maximum Gasteiger partial charge on any atom is 0.279 e. The van der Waals surface area contributed by atoms with Gasteiger partial charge in [-0.25, -0.2) is 4.98 Å². The van der Waals surface area contributed by atoms with Crippen LogP contribution in [0, 0.1) is 10.1 Å². The number of fused-ring (bicyclic) bond motifs is 1. The van der Waals surface area contributed by atoms with Crippen molar-refractivity contribution in [3.63, 3.8) is 0 Å². The highest BCUT2D eigenvalue weighted by Gasteiger charge is 2.17. The number of nitro benzene ring substituents is 1. The summed E-state index contributed by atoms with van der Waals surface area (Å²) in [4.78, 5) is 40.9. The molecule has 0 atom stereocenters. The van der Waals surface area contributed by atoms with Crippen molar-refractivity contribution in [2.75, 3.05) is 0 Å². The number of hydrogen-bond donors (Lipinski definition) is 2. The van der Waals surface area contributed by atoms with Crippen LogP contribution in [-0.4, -0.2) is 26.3 Å². The third kappa shape index (κ3) is 4.21. The van der Waals surface area contributed by atoms with Crippen molar-refractivity contribution in [2.45, 2.75) is 19.9 Å². The van der Waals surface area contributed by atoms with Gasteiger partial charge in [-0.1, -0.05) is 19.1 Å². The summed E-state index contributed by atoms with van der Waals surface area (Å²) in [5.41, 5.74) is 6.71. The van der Waals surface area contributed by atoms with Gasteiger partial charge in [0.15, 0.2) is 5.82 Å². The first-order chi connectivity index (χ1) is 15.5. The van der Waals surface area contributed by atoms with Crippen LogP contribution in [0.2, 0.25) is 0 Å². The van der Waals surface area contributed by atoms with Gasteiger partial charge in [-0.15, -0.1) is 11.3 Å². The largest absolute Gasteiger partial charge is 0.323 e.